The second-order valence-electron chi connectivity index (χ2n) is 4.26. The van der Waals surface area contributed by atoms with Crippen LogP contribution < -0.4 is 10.5 Å². The first kappa shape index (κ1) is 9.38. The quantitative estimate of drug-likeness (QED) is 0.745. The molecule has 1 aromatic carbocycles. The van der Waals surface area contributed by atoms with E-state index in [4.69, 9.17) is 10.5 Å². The van der Waals surface area contributed by atoms with E-state index < -0.39 is 0 Å². The Balaban J connectivity index is 2.20. The SMILES string of the molecule is CC(C)c1cc(OC2CC2)ccc1N. The summed E-state index contributed by atoms with van der Waals surface area (Å²) in [5.74, 6) is 1.42. The van der Waals surface area contributed by atoms with Crippen molar-refractivity contribution >= 4 is 5.69 Å². The first-order valence-corrected chi connectivity index (χ1v) is 5.23. The van der Waals surface area contributed by atoms with Gasteiger partial charge in [0.1, 0.15) is 5.75 Å². The van der Waals surface area contributed by atoms with Gasteiger partial charge in [0.05, 0.1) is 6.10 Å². The molecule has 0 bridgehead atoms. The minimum absolute atomic E-state index is 0.456. The van der Waals surface area contributed by atoms with Gasteiger partial charge in [-0.25, -0.2) is 0 Å². The molecule has 0 aromatic heterocycles. The van der Waals surface area contributed by atoms with Crippen LogP contribution in [0.3, 0.4) is 0 Å². The summed E-state index contributed by atoms with van der Waals surface area (Å²) in [7, 11) is 0. The molecule has 1 aliphatic rings. The van der Waals surface area contributed by atoms with Crippen LogP contribution in [0.2, 0.25) is 0 Å². The van der Waals surface area contributed by atoms with E-state index in [9.17, 15) is 0 Å². The van der Waals surface area contributed by atoms with Crippen LogP contribution in [-0.4, -0.2) is 6.10 Å². The van der Waals surface area contributed by atoms with Gasteiger partial charge < -0.3 is 10.5 Å². The smallest absolute Gasteiger partial charge is 0.120 e. The van der Waals surface area contributed by atoms with Crippen molar-refractivity contribution in [1.29, 1.82) is 0 Å². The van der Waals surface area contributed by atoms with E-state index in [0.717, 1.165) is 11.4 Å². The zero-order chi connectivity index (χ0) is 10.1. The van der Waals surface area contributed by atoms with Gasteiger partial charge in [0.15, 0.2) is 0 Å². The van der Waals surface area contributed by atoms with E-state index in [1.165, 1.54) is 18.4 Å². The summed E-state index contributed by atoms with van der Waals surface area (Å²) in [5, 5.41) is 0. The minimum atomic E-state index is 0.456. The molecule has 0 radical (unpaired) electrons. The van der Waals surface area contributed by atoms with Crippen molar-refractivity contribution in [3.8, 4) is 5.75 Å². The number of anilines is 1. The van der Waals surface area contributed by atoms with Crippen molar-refractivity contribution in [2.45, 2.75) is 38.7 Å². The van der Waals surface area contributed by atoms with Gasteiger partial charge in [-0.15, -0.1) is 0 Å². The van der Waals surface area contributed by atoms with Crippen molar-refractivity contribution in [1.82, 2.24) is 0 Å². The number of hydrogen-bond donors (Lipinski definition) is 1. The molecule has 0 unspecified atom stereocenters. The zero-order valence-electron chi connectivity index (χ0n) is 8.79. The Hall–Kier alpha value is -1.18. The summed E-state index contributed by atoms with van der Waals surface area (Å²) in [6, 6.07) is 5.96. The maximum absolute atomic E-state index is 5.88. The fourth-order valence-corrected chi connectivity index (χ4v) is 1.50. The van der Waals surface area contributed by atoms with E-state index >= 15 is 0 Å². The summed E-state index contributed by atoms with van der Waals surface area (Å²) in [4.78, 5) is 0. The zero-order valence-corrected chi connectivity index (χ0v) is 8.79. The standard InChI is InChI=1S/C12H17NO/c1-8(2)11-7-10(5-6-12(11)13)14-9-3-4-9/h5-9H,3-4,13H2,1-2H3. The second kappa shape index (κ2) is 3.52. The third-order valence-corrected chi connectivity index (χ3v) is 2.51. The molecule has 1 saturated carbocycles. The molecule has 0 amide bonds. The fourth-order valence-electron chi connectivity index (χ4n) is 1.50. The number of benzene rings is 1. The van der Waals surface area contributed by atoms with Crippen LogP contribution in [0.4, 0.5) is 5.69 Å². The van der Waals surface area contributed by atoms with E-state index in [2.05, 4.69) is 19.9 Å². The monoisotopic (exact) mass is 191 g/mol. The van der Waals surface area contributed by atoms with E-state index in [1.807, 2.05) is 12.1 Å². The molecule has 0 saturated heterocycles. The van der Waals surface area contributed by atoms with Crippen LogP contribution in [0.15, 0.2) is 18.2 Å². The first-order valence-electron chi connectivity index (χ1n) is 5.23. The minimum Gasteiger partial charge on any atom is -0.490 e. The van der Waals surface area contributed by atoms with Gasteiger partial charge in [0.25, 0.3) is 0 Å². The first-order chi connectivity index (χ1) is 6.66. The lowest BCUT2D eigenvalue weighted by Crippen LogP contribution is -2.00. The summed E-state index contributed by atoms with van der Waals surface area (Å²) in [6.07, 6.45) is 2.85. The van der Waals surface area contributed by atoms with Crippen LogP contribution in [0, 0.1) is 0 Å². The molecule has 0 atom stereocenters. The molecule has 14 heavy (non-hydrogen) atoms. The number of hydrogen-bond acceptors (Lipinski definition) is 2. The normalized spacial score (nSPS) is 15.9. The molecule has 2 rings (SSSR count). The Morgan fingerprint density at radius 3 is 2.64 bits per heavy atom. The van der Waals surface area contributed by atoms with Crippen molar-refractivity contribution in [2.24, 2.45) is 0 Å². The molecular weight excluding hydrogens is 174 g/mol. The van der Waals surface area contributed by atoms with Crippen LogP contribution in [0.5, 0.6) is 5.75 Å². The van der Waals surface area contributed by atoms with Gasteiger partial charge >= 0.3 is 0 Å². The molecule has 2 N–H and O–H groups in total. The third-order valence-electron chi connectivity index (χ3n) is 2.51. The molecule has 0 heterocycles. The average Bonchev–Trinajstić information content (AvgIpc) is 2.92. The Kier molecular flexibility index (Phi) is 2.36. The molecule has 0 spiro atoms. The Bertz CT molecular complexity index is 329. The molecule has 2 nitrogen and oxygen atoms in total. The average molecular weight is 191 g/mol. The van der Waals surface area contributed by atoms with Gasteiger partial charge in [-0.3, -0.25) is 0 Å². The van der Waals surface area contributed by atoms with Gasteiger partial charge in [-0.05, 0) is 42.5 Å². The number of rotatable bonds is 3. The highest BCUT2D eigenvalue weighted by molar-refractivity contribution is 5.52. The van der Waals surface area contributed by atoms with Gasteiger partial charge in [-0.1, -0.05) is 13.8 Å². The summed E-state index contributed by atoms with van der Waals surface area (Å²) >= 11 is 0. The number of nitrogen functional groups attached to an aromatic ring is 1. The third kappa shape index (κ3) is 2.00. The fraction of sp³-hybridized carbons (Fsp3) is 0.500. The predicted molar refractivity (Wildman–Crippen MR) is 58.6 cm³/mol. The van der Waals surface area contributed by atoms with E-state index in [0.29, 0.717) is 12.0 Å². The molecule has 2 heteroatoms. The topological polar surface area (TPSA) is 35.2 Å². The highest BCUT2D eigenvalue weighted by Crippen LogP contribution is 2.31. The highest BCUT2D eigenvalue weighted by Gasteiger charge is 2.23. The molecule has 1 aliphatic carbocycles. The van der Waals surface area contributed by atoms with Crippen LogP contribution in [-0.2, 0) is 0 Å². The maximum Gasteiger partial charge on any atom is 0.120 e. The summed E-state index contributed by atoms with van der Waals surface area (Å²) in [5.41, 5.74) is 7.93. The van der Waals surface area contributed by atoms with Crippen LogP contribution in [0.1, 0.15) is 38.2 Å². The van der Waals surface area contributed by atoms with E-state index in [1.54, 1.807) is 0 Å². The van der Waals surface area contributed by atoms with Crippen molar-refractivity contribution in [3.63, 3.8) is 0 Å². The summed E-state index contributed by atoms with van der Waals surface area (Å²) in [6.45, 7) is 4.29. The molecule has 1 aromatic rings. The Labute approximate surface area is 85.1 Å². The van der Waals surface area contributed by atoms with Crippen molar-refractivity contribution < 1.29 is 4.74 Å². The predicted octanol–water partition coefficient (Wildman–Crippen LogP) is 2.93. The highest BCUT2D eigenvalue weighted by atomic mass is 16.5. The summed E-state index contributed by atoms with van der Waals surface area (Å²) < 4.78 is 5.72. The Morgan fingerprint density at radius 2 is 2.07 bits per heavy atom. The van der Waals surface area contributed by atoms with Crippen LogP contribution >= 0.6 is 0 Å². The molecular formula is C12H17NO. The lowest BCUT2D eigenvalue weighted by Gasteiger charge is -2.12. The van der Waals surface area contributed by atoms with Gasteiger partial charge in [-0.2, -0.15) is 0 Å². The van der Waals surface area contributed by atoms with Crippen LogP contribution in [0.25, 0.3) is 0 Å². The van der Waals surface area contributed by atoms with Gasteiger partial charge in [0.2, 0.25) is 0 Å². The Morgan fingerprint density at radius 1 is 1.36 bits per heavy atom. The number of ether oxygens (including phenoxy) is 1. The largest absolute Gasteiger partial charge is 0.490 e. The second-order valence-corrected chi connectivity index (χ2v) is 4.26. The maximum atomic E-state index is 5.88. The lowest BCUT2D eigenvalue weighted by atomic mass is 10.0. The van der Waals surface area contributed by atoms with Crippen molar-refractivity contribution in [3.05, 3.63) is 23.8 Å². The van der Waals surface area contributed by atoms with E-state index in [-0.39, 0.29) is 0 Å². The molecule has 76 valence electrons. The van der Waals surface area contributed by atoms with Gasteiger partial charge in [0, 0.05) is 5.69 Å². The molecule has 0 aliphatic heterocycles. The van der Waals surface area contributed by atoms with Crippen molar-refractivity contribution in [2.75, 3.05) is 5.73 Å². The number of nitrogens with two attached hydrogens (primary N) is 1. The lowest BCUT2D eigenvalue weighted by molar-refractivity contribution is 0.303. The molecule has 1 fully saturated rings.